The second-order valence-corrected chi connectivity index (χ2v) is 10.2. The zero-order valence-corrected chi connectivity index (χ0v) is 21.6. The van der Waals surface area contributed by atoms with Gasteiger partial charge in [0, 0.05) is 24.1 Å². The van der Waals surface area contributed by atoms with E-state index in [0.29, 0.717) is 24.3 Å². The predicted octanol–water partition coefficient (Wildman–Crippen LogP) is -0.804. The van der Waals surface area contributed by atoms with Crippen molar-refractivity contribution in [1.29, 1.82) is 0 Å². The van der Waals surface area contributed by atoms with Gasteiger partial charge in [0.1, 0.15) is 24.5 Å². The average Bonchev–Trinajstić information content (AvgIpc) is 2.91. The minimum absolute atomic E-state index is 0.193. The molecule has 2 aliphatic heterocycles. The number of hydrogen-bond acceptors (Lipinski definition) is 10. The second-order valence-electron chi connectivity index (χ2n) is 10.2. The van der Waals surface area contributed by atoms with Crippen LogP contribution in [0.1, 0.15) is 54.9 Å². The van der Waals surface area contributed by atoms with Gasteiger partial charge in [0.05, 0.1) is 38.1 Å². The molecule has 37 heavy (non-hydrogen) atoms. The summed E-state index contributed by atoms with van der Waals surface area (Å²) in [5, 5.41) is 42.0. The van der Waals surface area contributed by atoms with Crippen LogP contribution >= 0.6 is 0 Å². The Kier molecular flexibility index (Phi) is 11.2. The van der Waals surface area contributed by atoms with Crippen LogP contribution in [0.4, 0.5) is 0 Å². The third-order valence-corrected chi connectivity index (χ3v) is 7.58. The SMILES string of the molecule is CCC(C)c1ccc(C(=O)N[C@@H]2OC(CO)[C@@H](COCC[C@@H]3OC(CO)[C@@H](O)C(O)C3N)CC2N)cc1. The van der Waals surface area contributed by atoms with Crippen molar-refractivity contribution in [2.24, 2.45) is 17.4 Å². The van der Waals surface area contributed by atoms with Crippen LogP contribution in [-0.4, -0.2) is 102 Å². The smallest absolute Gasteiger partial charge is 0.253 e. The lowest BCUT2D eigenvalue weighted by atomic mass is 9.91. The topological polar surface area (TPSA) is 190 Å². The zero-order valence-electron chi connectivity index (χ0n) is 21.6. The highest BCUT2D eigenvalue weighted by Crippen LogP contribution is 2.26. The molecular formula is C26H43N3O8. The van der Waals surface area contributed by atoms with Crippen LogP contribution < -0.4 is 16.8 Å². The molecule has 0 aliphatic carbocycles. The Morgan fingerprint density at radius 1 is 1.08 bits per heavy atom. The maximum atomic E-state index is 12.8. The molecule has 0 aromatic heterocycles. The first-order valence-corrected chi connectivity index (χ1v) is 13.1. The fourth-order valence-corrected chi connectivity index (χ4v) is 4.85. The van der Waals surface area contributed by atoms with Crippen molar-refractivity contribution < 1.29 is 39.4 Å². The fourth-order valence-electron chi connectivity index (χ4n) is 4.85. The summed E-state index contributed by atoms with van der Waals surface area (Å²) >= 11 is 0. The van der Waals surface area contributed by atoms with Gasteiger partial charge < -0.3 is 51.4 Å². The van der Waals surface area contributed by atoms with Crippen LogP contribution in [0.3, 0.4) is 0 Å². The molecule has 1 aromatic carbocycles. The highest BCUT2D eigenvalue weighted by molar-refractivity contribution is 5.94. The summed E-state index contributed by atoms with van der Waals surface area (Å²) in [5.74, 6) is -0.0677. The Morgan fingerprint density at radius 2 is 1.76 bits per heavy atom. The number of aliphatic hydroxyl groups excluding tert-OH is 4. The summed E-state index contributed by atoms with van der Waals surface area (Å²) in [7, 11) is 0. The highest BCUT2D eigenvalue weighted by atomic mass is 16.5. The van der Waals surface area contributed by atoms with Crippen LogP contribution in [0.25, 0.3) is 0 Å². The number of rotatable bonds is 11. The molecule has 0 saturated carbocycles. The van der Waals surface area contributed by atoms with E-state index in [-0.39, 0.29) is 31.6 Å². The summed E-state index contributed by atoms with van der Waals surface area (Å²) in [6, 6.07) is 6.18. The molecule has 2 heterocycles. The lowest BCUT2D eigenvalue weighted by Gasteiger charge is -2.41. The fraction of sp³-hybridized carbons (Fsp3) is 0.731. The van der Waals surface area contributed by atoms with Crippen molar-refractivity contribution >= 4 is 5.91 Å². The van der Waals surface area contributed by atoms with E-state index in [9.17, 15) is 25.2 Å². The summed E-state index contributed by atoms with van der Waals surface area (Å²) in [6.07, 6.45) is -3.43. The van der Waals surface area contributed by atoms with Crippen LogP contribution in [0, 0.1) is 5.92 Å². The molecule has 2 aliphatic rings. The van der Waals surface area contributed by atoms with Gasteiger partial charge in [0.15, 0.2) is 0 Å². The average molecular weight is 526 g/mol. The molecule has 2 fully saturated rings. The normalized spacial score (nSPS) is 35.2. The number of carbonyl (C=O) groups is 1. The van der Waals surface area contributed by atoms with Crippen LogP contribution in [-0.2, 0) is 14.2 Å². The van der Waals surface area contributed by atoms with Crippen molar-refractivity contribution in [3.8, 4) is 0 Å². The third kappa shape index (κ3) is 7.47. The maximum absolute atomic E-state index is 12.8. The van der Waals surface area contributed by atoms with E-state index < -0.39 is 55.4 Å². The number of nitrogens with two attached hydrogens (primary N) is 2. The molecular weight excluding hydrogens is 482 g/mol. The lowest BCUT2D eigenvalue weighted by molar-refractivity contribution is -0.193. The molecule has 9 N–H and O–H groups in total. The van der Waals surface area contributed by atoms with E-state index in [1.807, 2.05) is 12.1 Å². The van der Waals surface area contributed by atoms with Gasteiger partial charge in [-0.15, -0.1) is 0 Å². The second kappa shape index (κ2) is 13.9. The van der Waals surface area contributed by atoms with Gasteiger partial charge in [0.2, 0.25) is 0 Å². The molecule has 0 radical (unpaired) electrons. The largest absolute Gasteiger partial charge is 0.394 e. The molecule has 6 unspecified atom stereocenters. The number of nitrogens with one attached hydrogen (secondary N) is 1. The molecule has 10 atom stereocenters. The summed E-state index contributed by atoms with van der Waals surface area (Å²) < 4.78 is 17.3. The summed E-state index contributed by atoms with van der Waals surface area (Å²) in [6.45, 7) is 4.08. The van der Waals surface area contributed by atoms with E-state index in [0.717, 1.165) is 6.42 Å². The van der Waals surface area contributed by atoms with Crippen LogP contribution in [0.5, 0.6) is 0 Å². The first-order valence-electron chi connectivity index (χ1n) is 13.1. The van der Waals surface area contributed by atoms with Gasteiger partial charge in [-0.3, -0.25) is 4.79 Å². The van der Waals surface area contributed by atoms with E-state index in [1.165, 1.54) is 5.56 Å². The number of hydrogen-bond donors (Lipinski definition) is 7. The van der Waals surface area contributed by atoms with Crippen molar-refractivity contribution in [2.75, 3.05) is 26.4 Å². The summed E-state index contributed by atoms with van der Waals surface area (Å²) in [4.78, 5) is 12.8. The van der Waals surface area contributed by atoms with Crippen LogP contribution in [0.15, 0.2) is 24.3 Å². The quantitative estimate of drug-likeness (QED) is 0.180. The van der Waals surface area contributed by atoms with Gasteiger partial charge in [-0.2, -0.15) is 0 Å². The van der Waals surface area contributed by atoms with Gasteiger partial charge in [0.25, 0.3) is 5.91 Å². The predicted molar refractivity (Wildman–Crippen MR) is 136 cm³/mol. The molecule has 11 nitrogen and oxygen atoms in total. The number of ether oxygens (including phenoxy) is 3. The van der Waals surface area contributed by atoms with Crippen molar-refractivity contribution in [3.63, 3.8) is 0 Å². The standard InChI is InChI=1S/C26H43N3O8/c1-3-14(2)15-4-6-16(7-5-15)25(34)29-26-18(27)10-17(20(11-30)37-26)13-35-9-8-19-22(28)24(33)23(32)21(12-31)36-19/h4-7,14,17-24,26,30-33H,3,8-13,27-28H2,1-2H3,(H,29,34)/t14?,17-,18?,19+,20?,21?,22?,23-,24?,26-/m1/s1. The Balaban J connectivity index is 1.47. The number of aliphatic hydroxyl groups is 4. The molecule has 3 rings (SSSR count). The van der Waals surface area contributed by atoms with Gasteiger partial charge in [-0.05, 0) is 42.9 Å². The minimum Gasteiger partial charge on any atom is -0.394 e. The summed E-state index contributed by atoms with van der Waals surface area (Å²) in [5.41, 5.74) is 14.0. The number of carbonyl (C=O) groups excluding carboxylic acids is 1. The highest BCUT2D eigenvalue weighted by Gasteiger charge is 2.42. The monoisotopic (exact) mass is 525 g/mol. The Bertz CT molecular complexity index is 842. The van der Waals surface area contributed by atoms with Gasteiger partial charge in [-0.1, -0.05) is 26.0 Å². The molecule has 2 saturated heterocycles. The van der Waals surface area contributed by atoms with Gasteiger partial charge >= 0.3 is 0 Å². The first-order chi connectivity index (χ1) is 17.7. The third-order valence-electron chi connectivity index (χ3n) is 7.58. The Hall–Kier alpha value is -1.67. The molecule has 11 heteroatoms. The zero-order chi connectivity index (χ0) is 27.1. The first kappa shape index (κ1) is 29.9. The molecule has 210 valence electrons. The van der Waals surface area contributed by atoms with Crippen molar-refractivity contribution in [1.82, 2.24) is 5.32 Å². The van der Waals surface area contributed by atoms with Crippen LogP contribution in [0.2, 0.25) is 0 Å². The van der Waals surface area contributed by atoms with E-state index in [2.05, 4.69) is 19.2 Å². The van der Waals surface area contributed by atoms with Crippen molar-refractivity contribution in [2.45, 2.75) is 87.9 Å². The Labute approximate surface area is 218 Å². The minimum atomic E-state index is -1.25. The van der Waals surface area contributed by atoms with E-state index >= 15 is 0 Å². The molecule has 0 spiro atoms. The molecule has 0 bridgehead atoms. The van der Waals surface area contributed by atoms with E-state index in [1.54, 1.807) is 12.1 Å². The Morgan fingerprint density at radius 3 is 2.38 bits per heavy atom. The number of benzene rings is 1. The number of amides is 1. The molecule has 1 amide bonds. The molecule has 1 aromatic rings. The maximum Gasteiger partial charge on any atom is 0.253 e. The van der Waals surface area contributed by atoms with Crippen molar-refractivity contribution in [3.05, 3.63) is 35.4 Å². The van der Waals surface area contributed by atoms with E-state index in [4.69, 9.17) is 25.7 Å². The van der Waals surface area contributed by atoms with Gasteiger partial charge in [-0.25, -0.2) is 0 Å². The lowest BCUT2D eigenvalue weighted by Crippen LogP contribution is -2.62.